The van der Waals surface area contributed by atoms with Gasteiger partial charge in [0.2, 0.25) is 0 Å². The highest BCUT2D eigenvalue weighted by atomic mass is 16.5. The highest BCUT2D eigenvalue weighted by Crippen LogP contribution is 2.29. The fourth-order valence-electron chi connectivity index (χ4n) is 3.83. The summed E-state index contributed by atoms with van der Waals surface area (Å²) in [5, 5.41) is 11.0. The van der Waals surface area contributed by atoms with Gasteiger partial charge in [0.1, 0.15) is 11.9 Å². The van der Waals surface area contributed by atoms with Crippen LogP contribution in [0.15, 0.2) is 78.9 Å². The van der Waals surface area contributed by atoms with Gasteiger partial charge in [0.15, 0.2) is 11.5 Å². The van der Waals surface area contributed by atoms with Crippen molar-refractivity contribution in [2.45, 2.75) is 26.0 Å². The number of aliphatic hydroxyl groups is 1. The van der Waals surface area contributed by atoms with E-state index in [2.05, 4.69) is 4.57 Å². The molecule has 0 bridgehead atoms. The SMILES string of the molecule is C/C=C/c1ccc(OCCCn2c(C(O)c3ccccc3)nc3ccccc32)c(OC)c1. The molecule has 32 heavy (non-hydrogen) atoms. The second-order valence-electron chi connectivity index (χ2n) is 7.54. The van der Waals surface area contributed by atoms with Crippen LogP contribution in [0.1, 0.15) is 36.4 Å². The number of allylic oxidation sites excluding steroid dienone is 1. The molecule has 0 aliphatic carbocycles. The molecule has 5 nitrogen and oxygen atoms in total. The third kappa shape index (κ3) is 4.68. The summed E-state index contributed by atoms with van der Waals surface area (Å²) in [6.07, 6.45) is 3.99. The predicted octanol–water partition coefficient (Wildman–Crippen LogP) is 5.63. The molecule has 0 aliphatic rings. The van der Waals surface area contributed by atoms with Crippen molar-refractivity contribution in [3.05, 3.63) is 95.8 Å². The van der Waals surface area contributed by atoms with Crippen LogP contribution in [0.4, 0.5) is 0 Å². The maximum absolute atomic E-state index is 11.0. The van der Waals surface area contributed by atoms with Crippen LogP contribution in [0.5, 0.6) is 11.5 Å². The van der Waals surface area contributed by atoms with E-state index in [1.54, 1.807) is 7.11 Å². The first-order chi connectivity index (χ1) is 15.7. The van der Waals surface area contributed by atoms with Crippen molar-refractivity contribution < 1.29 is 14.6 Å². The lowest BCUT2D eigenvalue weighted by atomic mass is 10.1. The second kappa shape index (κ2) is 10.2. The Labute approximate surface area is 188 Å². The van der Waals surface area contributed by atoms with Crippen LogP contribution in [-0.4, -0.2) is 28.4 Å². The Morgan fingerprint density at radius 1 is 1.00 bits per heavy atom. The van der Waals surface area contributed by atoms with Gasteiger partial charge in [-0.25, -0.2) is 4.98 Å². The van der Waals surface area contributed by atoms with Gasteiger partial charge in [-0.1, -0.05) is 60.7 Å². The zero-order chi connectivity index (χ0) is 22.3. The van der Waals surface area contributed by atoms with Gasteiger partial charge in [0.05, 0.1) is 24.8 Å². The lowest BCUT2D eigenvalue weighted by molar-refractivity contribution is 0.203. The Morgan fingerprint density at radius 2 is 1.78 bits per heavy atom. The van der Waals surface area contributed by atoms with Gasteiger partial charge in [-0.2, -0.15) is 0 Å². The lowest BCUT2D eigenvalue weighted by Gasteiger charge is -2.15. The first-order valence-corrected chi connectivity index (χ1v) is 10.8. The largest absolute Gasteiger partial charge is 0.493 e. The summed E-state index contributed by atoms with van der Waals surface area (Å²) in [6.45, 7) is 3.19. The topological polar surface area (TPSA) is 56.5 Å². The van der Waals surface area contributed by atoms with Crippen LogP contribution in [0.25, 0.3) is 17.1 Å². The van der Waals surface area contributed by atoms with Gasteiger partial charge in [-0.15, -0.1) is 0 Å². The monoisotopic (exact) mass is 428 g/mol. The van der Waals surface area contributed by atoms with Crippen LogP contribution in [-0.2, 0) is 6.54 Å². The molecule has 0 saturated carbocycles. The number of ether oxygens (including phenoxy) is 2. The van der Waals surface area contributed by atoms with E-state index in [-0.39, 0.29) is 0 Å². The van der Waals surface area contributed by atoms with Crippen molar-refractivity contribution in [2.75, 3.05) is 13.7 Å². The Balaban J connectivity index is 1.50. The van der Waals surface area contributed by atoms with E-state index in [1.165, 1.54) is 0 Å². The number of methoxy groups -OCH3 is 1. The first kappa shape index (κ1) is 21.7. The fourth-order valence-corrected chi connectivity index (χ4v) is 3.83. The third-order valence-electron chi connectivity index (χ3n) is 5.37. The molecule has 4 aromatic rings. The summed E-state index contributed by atoms with van der Waals surface area (Å²) in [7, 11) is 1.65. The summed E-state index contributed by atoms with van der Waals surface area (Å²) < 4.78 is 13.6. The van der Waals surface area contributed by atoms with Crippen molar-refractivity contribution in [1.82, 2.24) is 9.55 Å². The number of nitrogens with zero attached hydrogens (tertiary/aromatic N) is 2. The average Bonchev–Trinajstić information content (AvgIpc) is 3.21. The van der Waals surface area contributed by atoms with Gasteiger partial charge >= 0.3 is 0 Å². The Bertz CT molecular complexity index is 1200. The number of hydrogen-bond donors (Lipinski definition) is 1. The maximum atomic E-state index is 11.0. The van der Waals surface area contributed by atoms with E-state index in [1.807, 2.05) is 91.9 Å². The number of aryl methyl sites for hydroxylation is 1. The molecule has 1 N–H and O–H groups in total. The van der Waals surface area contributed by atoms with E-state index < -0.39 is 6.10 Å². The normalized spacial score (nSPS) is 12.3. The number of para-hydroxylation sites is 2. The lowest BCUT2D eigenvalue weighted by Crippen LogP contribution is -2.12. The van der Waals surface area contributed by atoms with Gasteiger partial charge in [0.25, 0.3) is 0 Å². The Morgan fingerprint density at radius 3 is 2.56 bits per heavy atom. The molecule has 1 aromatic heterocycles. The van der Waals surface area contributed by atoms with E-state index in [9.17, 15) is 5.11 Å². The van der Waals surface area contributed by atoms with E-state index >= 15 is 0 Å². The highest BCUT2D eigenvalue weighted by Gasteiger charge is 2.19. The van der Waals surface area contributed by atoms with Gasteiger partial charge in [0, 0.05) is 6.54 Å². The molecule has 4 rings (SSSR count). The number of hydrogen-bond acceptors (Lipinski definition) is 4. The summed E-state index contributed by atoms with van der Waals surface area (Å²) in [6, 6.07) is 23.5. The molecule has 1 heterocycles. The minimum atomic E-state index is -0.788. The summed E-state index contributed by atoms with van der Waals surface area (Å²) >= 11 is 0. The molecular formula is C27H28N2O3. The molecule has 164 valence electrons. The van der Waals surface area contributed by atoms with Crippen LogP contribution in [0, 0.1) is 0 Å². The molecule has 3 aromatic carbocycles. The Kier molecular flexibility index (Phi) is 6.87. The van der Waals surface area contributed by atoms with Crippen molar-refractivity contribution in [3.63, 3.8) is 0 Å². The van der Waals surface area contributed by atoms with Crippen molar-refractivity contribution in [1.29, 1.82) is 0 Å². The van der Waals surface area contributed by atoms with E-state index in [0.29, 0.717) is 24.7 Å². The molecule has 0 saturated heterocycles. The molecule has 0 aliphatic heterocycles. The Hall–Kier alpha value is -3.57. The predicted molar refractivity (Wildman–Crippen MR) is 128 cm³/mol. The van der Waals surface area contributed by atoms with E-state index in [0.717, 1.165) is 34.3 Å². The number of fused-ring (bicyclic) bond motifs is 1. The molecule has 0 spiro atoms. The number of aromatic nitrogens is 2. The van der Waals surface area contributed by atoms with Crippen molar-refractivity contribution >= 4 is 17.1 Å². The number of rotatable bonds is 9. The average molecular weight is 429 g/mol. The zero-order valence-corrected chi connectivity index (χ0v) is 18.4. The fraction of sp³-hybridized carbons (Fsp3) is 0.222. The molecular weight excluding hydrogens is 400 g/mol. The molecule has 0 amide bonds. The van der Waals surface area contributed by atoms with Crippen LogP contribution < -0.4 is 9.47 Å². The summed E-state index contributed by atoms with van der Waals surface area (Å²) in [5.74, 6) is 2.08. The van der Waals surface area contributed by atoms with Crippen LogP contribution >= 0.6 is 0 Å². The smallest absolute Gasteiger partial charge is 0.161 e. The van der Waals surface area contributed by atoms with Crippen molar-refractivity contribution in [2.24, 2.45) is 0 Å². The number of aliphatic hydroxyl groups excluding tert-OH is 1. The summed E-state index contributed by atoms with van der Waals surface area (Å²) in [4.78, 5) is 4.73. The molecule has 0 fully saturated rings. The minimum absolute atomic E-state index is 0.521. The van der Waals surface area contributed by atoms with E-state index in [4.69, 9.17) is 14.5 Å². The van der Waals surface area contributed by atoms with Crippen LogP contribution in [0.2, 0.25) is 0 Å². The van der Waals surface area contributed by atoms with Gasteiger partial charge in [-0.05, 0) is 48.7 Å². The molecule has 0 radical (unpaired) electrons. The molecule has 1 atom stereocenters. The second-order valence-corrected chi connectivity index (χ2v) is 7.54. The summed E-state index contributed by atoms with van der Waals surface area (Å²) in [5.41, 5.74) is 3.78. The van der Waals surface area contributed by atoms with Gasteiger partial charge in [-0.3, -0.25) is 0 Å². The standard InChI is InChI=1S/C27H28N2O3/c1-3-10-20-15-16-24(25(19-20)31-2)32-18-9-17-29-23-14-8-7-13-22(23)28-27(29)26(30)21-11-5-4-6-12-21/h3-8,10-16,19,26,30H,9,17-18H2,1-2H3/b10-3+. The highest BCUT2D eigenvalue weighted by molar-refractivity contribution is 5.76. The molecule has 1 unspecified atom stereocenters. The van der Waals surface area contributed by atoms with Crippen molar-refractivity contribution in [3.8, 4) is 11.5 Å². The zero-order valence-electron chi connectivity index (χ0n) is 18.4. The number of benzene rings is 3. The number of imidazole rings is 1. The minimum Gasteiger partial charge on any atom is -0.493 e. The first-order valence-electron chi connectivity index (χ1n) is 10.8. The maximum Gasteiger partial charge on any atom is 0.161 e. The van der Waals surface area contributed by atoms with Gasteiger partial charge < -0.3 is 19.1 Å². The molecule has 5 heteroatoms. The van der Waals surface area contributed by atoms with Crippen LogP contribution in [0.3, 0.4) is 0 Å². The third-order valence-corrected chi connectivity index (χ3v) is 5.37. The quantitative estimate of drug-likeness (QED) is 0.351.